The summed E-state index contributed by atoms with van der Waals surface area (Å²) in [5, 5.41) is 1.04. The van der Waals surface area contributed by atoms with Crippen LogP contribution >= 0.6 is 0 Å². The Labute approximate surface area is 148 Å². The van der Waals surface area contributed by atoms with E-state index in [2.05, 4.69) is 11.6 Å². The van der Waals surface area contributed by atoms with Crippen LogP contribution in [0.1, 0.15) is 30.1 Å². The molecular formula is C18H25N3O3S. The van der Waals surface area contributed by atoms with Crippen LogP contribution in [-0.4, -0.2) is 49.7 Å². The van der Waals surface area contributed by atoms with Gasteiger partial charge in [-0.1, -0.05) is 19.1 Å². The van der Waals surface area contributed by atoms with Crippen LogP contribution in [0, 0.1) is 5.92 Å². The minimum atomic E-state index is -3.17. The Hall–Kier alpha value is -1.86. The van der Waals surface area contributed by atoms with Gasteiger partial charge in [-0.05, 0) is 30.9 Å². The lowest BCUT2D eigenvalue weighted by Crippen LogP contribution is -2.29. The summed E-state index contributed by atoms with van der Waals surface area (Å²) < 4.78 is 26.9. The highest BCUT2D eigenvalue weighted by atomic mass is 32.2. The van der Waals surface area contributed by atoms with Gasteiger partial charge in [-0.2, -0.15) is 0 Å². The lowest BCUT2D eigenvalue weighted by Gasteiger charge is -2.17. The Morgan fingerprint density at radius 2 is 2.12 bits per heavy atom. The number of hydrogen-bond acceptors (Lipinski definition) is 3. The maximum atomic E-state index is 12.9. The van der Waals surface area contributed by atoms with E-state index < -0.39 is 10.0 Å². The molecule has 1 aromatic carbocycles. The molecule has 0 aliphatic carbocycles. The van der Waals surface area contributed by atoms with E-state index in [4.69, 9.17) is 0 Å². The van der Waals surface area contributed by atoms with Crippen LogP contribution in [-0.2, 0) is 16.6 Å². The van der Waals surface area contributed by atoms with Crippen molar-refractivity contribution in [2.45, 2.75) is 26.3 Å². The minimum Gasteiger partial charge on any atom is -0.347 e. The van der Waals surface area contributed by atoms with Gasteiger partial charge < -0.3 is 9.47 Å². The molecule has 3 rings (SSSR count). The zero-order valence-corrected chi connectivity index (χ0v) is 15.6. The Morgan fingerprint density at radius 1 is 1.32 bits per heavy atom. The second-order valence-electron chi connectivity index (χ2n) is 6.92. The number of likely N-dealkylation sites (tertiary alicyclic amines) is 1. The summed E-state index contributed by atoms with van der Waals surface area (Å²) in [5.74, 6) is 0.640. The number of aryl methyl sites for hydroxylation is 1. The first-order valence-electron chi connectivity index (χ1n) is 8.67. The van der Waals surface area contributed by atoms with Gasteiger partial charge in [0, 0.05) is 37.8 Å². The second kappa shape index (κ2) is 7.17. The van der Waals surface area contributed by atoms with Gasteiger partial charge in [0.2, 0.25) is 10.0 Å². The highest BCUT2D eigenvalue weighted by molar-refractivity contribution is 7.88. The third-order valence-corrected chi connectivity index (χ3v) is 5.40. The van der Waals surface area contributed by atoms with Crippen LogP contribution < -0.4 is 4.72 Å². The number of aromatic nitrogens is 1. The molecule has 1 saturated heterocycles. The average Bonchev–Trinajstić information content (AvgIpc) is 3.16. The quantitative estimate of drug-likeness (QED) is 0.799. The van der Waals surface area contributed by atoms with Crippen molar-refractivity contribution in [1.29, 1.82) is 0 Å². The minimum absolute atomic E-state index is 0.0872. The molecule has 2 aromatic rings. The summed E-state index contributed by atoms with van der Waals surface area (Å²) in [6.07, 6.45) is 4.85. The zero-order chi connectivity index (χ0) is 18.0. The monoisotopic (exact) mass is 363 g/mol. The fourth-order valence-corrected chi connectivity index (χ4v) is 3.93. The fraction of sp³-hybridized carbons (Fsp3) is 0.500. The van der Waals surface area contributed by atoms with E-state index >= 15 is 0 Å². The maximum Gasteiger partial charge on any atom is 0.256 e. The predicted octanol–water partition coefficient (Wildman–Crippen LogP) is 2.06. The van der Waals surface area contributed by atoms with E-state index in [1.165, 1.54) is 0 Å². The Balaban J connectivity index is 1.80. The molecule has 1 fully saturated rings. The van der Waals surface area contributed by atoms with Gasteiger partial charge in [0.25, 0.3) is 5.91 Å². The van der Waals surface area contributed by atoms with Crippen molar-refractivity contribution in [3.63, 3.8) is 0 Å². The third kappa shape index (κ3) is 4.22. The number of para-hydroxylation sites is 1. The van der Waals surface area contributed by atoms with E-state index in [0.717, 1.165) is 42.2 Å². The molecule has 0 unspecified atom stereocenters. The fourth-order valence-electron chi connectivity index (χ4n) is 3.42. The predicted molar refractivity (Wildman–Crippen MR) is 99.1 cm³/mol. The Kier molecular flexibility index (Phi) is 5.15. The van der Waals surface area contributed by atoms with Crippen molar-refractivity contribution in [3.05, 3.63) is 36.0 Å². The van der Waals surface area contributed by atoms with Gasteiger partial charge >= 0.3 is 0 Å². The first kappa shape index (κ1) is 17.9. The molecule has 2 heterocycles. The number of nitrogens with zero attached hydrogens (tertiary/aromatic N) is 2. The first-order chi connectivity index (χ1) is 11.8. The van der Waals surface area contributed by atoms with E-state index in [1.807, 2.05) is 39.9 Å². The van der Waals surface area contributed by atoms with Gasteiger partial charge in [0.1, 0.15) is 0 Å². The molecule has 7 heteroatoms. The molecular weight excluding hydrogens is 338 g/mol. The van der Waals surface area contributed by atoms with Crippen LogP contribution in [0.3, 0.4) is 0 Å². The van der Waals surface area contributed by atoms with Crippen molar-refractivity contribution < 1.29 is 13.2 Å². The number of benzene rings is 1. The molecule has 136 valence electrons. The highest BCUT2D eigenvalue weighted by Crippen LogP contribution is 2.24. The summed E-state index contributed by atoms with van der Waals surface area (Å²) in [5.41, 5.74) is 1.67. The van der Waals surface area contributed by atoms with E-state index in [0.29, 0.717) is 25.4 Å². The Morgan fingerprint density at radius 3 is 2.80 bits per heavy atom. The van der Waals surface area contributed by atoms with Gasteiger partial charge in [0.05, 0.1) is 17.3 Å². The summed E-state index contributed by atoms with van der Waals surface area (Å²) in [6, 6.07) is 7.82. The second-order valence-corrected chi connectivity index (χ2v) is 8.75. The van der Waals surface area contributed by atoms with Crippen LogP contribution in [0.2, 0.25) is 0 Å². The largest absolute Gasteiger partial charge is 0.347 e. The average molecular weight is 363 g/mol. The van der Waals surface area contributed by atoms with Crippen LogP contribution in [0.25, 0.3) is 10.9 Å². The molecule has 0 spiro atoms. The SMILES string of the molecule is C[C@H]1CCN(C(=O)c2cccc3ccn(CCCNS(C)(=O)=O)c23)C1. The van der Waals surface area contributed by atoms with Crippen LogP contribution in [0.4, 0.5) is 0 Å². The number of nitrogens with one attached hydrogen (secondary N) is 1. The summed E-state index contributed by atoms with van der Waals surface area (Å²) in [4.78, 5) is 14.9. The molecule has 1 aromatic heterocycles. The lowest BCUT2D eigenvalue weighted by atomic mass is 10.1. The molecule has 6 nitrogen and oxygen atoms in total. The van der Waals surface area contributed by atoms with Crippen molar-refractivity contribution in [2.24, 2.45) is 5.92 Å². The number of amides is 1. The molecule has 0 bridgehead atoms. The standard InChI is InChI=1S/C18H25N3O3S/c1-14-7-11-21(13-14)18(22)16-6-3-5-15-8-12-20(17(15)16)10-4-9-19-25(2,23)24/h3,5-6,8,12,14,19H,4,7,9-11,13H2,1-2H3/t14-/m0/s1. The van der Waals surface area contributed by atoms with Crippen LogP contribution in [0.15, 0.2) is 30.5 Å². The lowest BCUT2D eigenvalue weighted by molar-refractivity contribution is 0.0789. The van der Waals surface area contributed by atoms with Crippen molar-refractivity contribution >= 4 is 26.8 Å². The van der Waals surface area contributed by atoms with Gasteiger partial charge in [-0.15, -0.1) is 0 Å². The topological polar surface area (TPSA) is 71.4 Å². The van der Waals surface area contributed by atoms with Gasteiger partial charge in [-0.25, -0.2) is 13.1 Å². The Bertz CT molecular complexity index is 873. The summed E-state index contributed by atoms with van der Waals surface area (Å²) >= 11 is 0. The van der Waals surface area contributed by atoms with Crippen molar-refractivity contribution in [3.8, 4) is 0 Å². The number of carbonyl (C=O) groups is 1. The molecule has 1 amide bonds. The smallest absolute Gasteiger partial charge is 0.256 e. The van der Waals surface area contributed by atoms with Gasteiger partial charge in [-0.3, -0.25) is 4.79 Å². The molecule has 1 atom stereocenters. The number of carbonyl (C=O) groups excluding carboxylic acids is 1. The molecule has 0 radical (unpaired) electrons. The summed E-state index contributed by atoms with van der Waals surface area (Å²) in [6.45, 7) is 4.85. The van der Waals surface area contributed by atoms with Crippen molar-refractivity contribution in [2.75, 3.05) is 25.9 Å². The third-order valence-electron chi connectivity index (χ3n) is 4.67. The molecule has 1 N–H and O–H groups in total. The van der Waals surface area contributed by atoms with E-state index in [1.54, 1.807) is 0 Å². The summed E-state index contributed by atoms with van der Waals surface area (Å²) in [7, 11) is -3.17. The zero-order valence-electron chi connectivity index (χ0n) is 14.7. The molecule has 1 aliphatic heterocycles. The first-order valence-corrected chi connectivity index (χ1v) is 10.6. The van der Waals surface area contributed by atoms with E-state index in [9.17, 15) is 13.2 Å². The number of rotatable bonds is 6. The normalized spacial score (nSPS) is 18.2. The molecule has 0 saturated carbocycles. The van der Waals surface area contributed by atoms with Crippen molar-refractivity contribution in [1.82, 2.24) is 14.2 Å². The number of hydrogen-bond donors (Lipinski definition) is 1. The molecule has 1 aliphatic rings. The maximum absolute atomic E-state index is 12.9. The molecule has 25 heavy (non-hydrogen) atoms. The highest BCUT2D eigenvalue weighted by Gasteiger charge is 2.26. The van der Waals surface area contributed by atoms with Gasteiger partial charge in [0.15, 0.2) is 0 Å². The number of sulfonamides is 1. The van der Waals surface area contributed by atoms with Crippen LogP contribution in [0.5, 0.6) is 0 Å². The van der Waals surface area contributed by atoms with E-state index in [-0.39, 0.29) is 5.91 Å². The number of fused-ring (bicyclic) bond motifs is 1.